The Morgan fingerprint density at radius 1 is 1.17 bits per heavy atom. The van der Waals surface area contributed by atoms with Gasteiger partial charge in [-0.05, 0) is 0 Å². The van der Waals surface area contributed by atoms with Crippen molar-refractivity contribution in [3.63, 3.8) is 0 Å². The van der Waals surface area contributed by atoms with Gasteiger partial charge in [0.1, 0.15) is 0 Å². The van der Waals surface area contributed by atoms with Crippen LogP contribution in [0.5, 0.6) is 0 Å². The normalized spacial score (nSPS) is 9.50. The molecule has 0 aromatic heterocycles. The van der Waals surface area contributed by atoms with Crippen molar-refractivity contribution < 1.29 is 98.9 Å². The fourth-order valence-corrected chi connectivity index (χ4v) is 0. The minimum atomic E-state index is -6.11. The maximum absolute atomic E-state index is 8.64. The van der Waals surface area contributed by atoms with Crippen molar-refractivity contribution >= 4 is 0 Å². The third kappa shape index (κ3) is 36.4. The average molecular weight is 383 g/mol. The molecule has 0 radical (unpaired) electrons. The zero-order valence-corrected chi connectivity index (χ0v) is 12.0. The molecule has 6 heavy (non-hydrogen) atoms. The molecule has 0 aromatic rings. The quantitative estimate of drug-likeness (QED) is 0.423. The summed E-state index contributed by atoms with van der Waals surface area (Å²) in [6.45, 7) is 0. The molecule has 0 N–H and O–H groups in total. The van der Waals surface area contributed by atoms with E-state index in [4.69, 9.17) is 14.2 Å². The summed E-state index contributed by atoms with van der Waals surface area (Å²) in [4.78, 5) is 0. The van der Waals surface area contributed by atoms with Gasteiger partial charge in [-0.15, -0.1) is 0 Å². The van der Waals surface area contributed by atoms with Crippen molar-refractivity contribution in [2.75, 3.05) is 0 Å². The van der Waals surface area contributed by atoms with Gasteiger partial charge in [0, 0.05) is 0 Å². The molecular weight excluding hydrogens is 383 g/mol. The SMILES string of the molecule is [Cs+].[O]=[Re](=[O])(=[O])[O-]. The van der Waals surface area contributed by atoms with Gasteiger partial charge < -0.3 is 0 Å². The zero-order chi connectivity index (χ0) is 4.50. The Bertz CT molecular complexity index is 129. The molecule has 0 aliphatic heterocycles. The summed E-state index contributed by atoms with van der Waals surface area (Å²) in [5.74, 6) is 0. The van der Waals surface area contributed by atoms with E-state index in [1.54, 1.807) is 0 Å². The van der Waals surface area contributed by atoms with Crippen molar-refractivity contribution in [2.24, 2.45) is 0 Å². The molecule has 0 aromatic carbocycles. The number of rotatable bonds is 0. The minimum absolute atomic E-state index is 0. The van der Waals surface area contributed by atoms with E-state index in [2.05, 4.69) is 0 Å². The second-order valence-electron chi connectivity index (χ2n) is 0.378. The third-order valence-electron chi connectivity index (χ3n) is 0. The van der Waals surface area contributed by atoms with Crippen molar-refractivity contribution in [3.05, 3.63) is 0 Å². The first kappa shape index (κ1) is 11.0. The first-order valence-electron chi connectivity index (χ1n) is 0.617. The van der Waals surface area contributed by atoms with E-state index in [1.807, 2.05) is 0 Å². The monoisotopic (exact) mass is 384 g/mol. The maximum atomic E-state index is 8.64. The van der Waals surface area contributed by atoms with Gasteiger partial charge in [-0.3, -0.25) is 0 Å². The molecular formula is CsO4Re. The Morgan fingerprint density at radius 3 is 1.17 bits per heavy atom. The van der Waals surface area contributed by atoms with Crippen LogP contribution in [0.25, 0.3) is 0 Å². The second kappa shape index (κ2) is 4.00. The molecule has 0 aliphatic carbocycles. The Balaban J connectivity index is 0. The number of hydrogen-bond acceptors (Lipinski definition) is 4. The standard InChI is InChI=1S/Cs.4O.Re/q+1;;;;-1;. The Labute approximate surface area is 96.1 Å². The fourth-order valence-electron chi connectivity index (χ4n) is 0. The van der Waals surface area contributed by atoms with Gasteiger partial charge in [-0.1, -0.05) is 0 Å². The van der Waals surface area contributed by atoms with Crippen LogP contribution in [0.2, 0.25) is 0 Å². The van der Waals surface area contributed by atoms with Gasteiger partial charge in [-0.25, -0.2) is 0 Å². The van der Waals surface area contributed by atoms with Crippen LogP contribution in [-0.2, 0) is 26.2 Å². The van der Waals surface area contributed by atoms with E-state index >= 15 is 0 Å². The van der Waals surface area contributed by atoms with E-state index in [-0.39, 0.29) is 68.9 Å². The van der Waals surface area contributed by atoms with Crippen molar-refractivity contribution in [2.45, 2.75) is 0 Å². The van der Waals surface area contributed by atoms with Crippen molar-refractivity contribution in [3.8, 4) is 0 Å². The fraction of sp³-hybridized carbons (Fsp3) is 0. The van der Waals surface area contributed by atoms with Crippen LogP contribution in [0.4, 0.5) is 0 Å². The molecule has 0 rings (SSSR count). The van der Waals surface area contributed by atoms with E-state index in [9.17, 15) is 0 Å². The third-order valence-corrected chi connectivity index (χ3v) is 0. The van der Waals surface area contributed by atoms with Crippen molar-refractivity contribution in [1.82, 2.24) is 0 Å². The first-order chi connectivity index (χ1) is 2.00. The molecule has 0 bridgehead atoms. The average Bonchev–Trinajstić information content (AvgIpc) is 0.722. The summed E-state index contributed by atoms with van der Waals surface area (Å²) in [5, 5.41) is 0. The summed E-state index contributed by atoms with van der Waals surface area (Å²) in [6, 6.07) is 0. The van der Waals surface area contributed by atoms with Gasteiger partial charge in [-0.2, -0.15) is 0 Å². The van der Waals surface area contributed by atoms with Crippen LogP contribution in [0.1, 0.15) is 0 Å². The van der Waals surface area contributed by atoms with Gasteiger partial charge in [0.25, 0.3) is 0 Å². The Morgan fingerprint density at radius 2 is 1.17 bits per heavy atom. The van der Waals surface area contributed by atoms with Gasteiger partial charge >= 0.3 is 98.9 Å². The molecule has 0 atom stereocenters. The molecule has 0 amide bonds. The summed E-state index contributed by atoms with van der Waals surface area (Å²) < 4.78 is 34.6. The molecule has 4 nitrogen and oxygen atoms in total. The van der Waals surface area contributed by atoms with Crippen LogP contribution in [-0.4, -0.2) is 0 Å². The summed E-state index contributed by atoms with van der Waals surface area (Å²) in [5.41, 5.74) is 0. The molecule has 0 spiro atoms. The summed E-state index contributed by atoms with van der Waals surface area (Å²) >= 11 is -6.11. The molecule has 0 saturated carbocycles. The van der Waals surface area contributed by atoms with Crippen molar-refractivity contribution in [1.29, 1.82) is 0 Å². The summed E-state index contributed by atoms with van der Waals surface area (Å²) in [6.07, 6.45) is 0. The summed E-state index contributed by atoms with van der Waals surface area (Å²) in [7, 11) is 0. The van der Waals surface area contributed by atoms with E-state index in [0.717, 1.165) is 0 Å². The molecule has 0 aliphatic rings. The molecule has 0 unspecified atom stereocenters. The van der Waals surface area contributed by atoms with Crippen LogP contribution in [0.3, 0.4) is 0 Å². The Hall–Kier alpha value is 2.07. The van der Waals surface area contributed by atoms with Gasteiger partial charge in [0.05, 0.1) is 0 Å². The zero-order valence-electron chi connectivity index (χ0n) is 3.01. The predicted molar refractivity (Wildman–Crippen MR) is 2.06 cm³/mol. The van der Waals surface area contributed by atoms with Gasteiger partial charge in [0.15, 0.2) is 0 Å². The van der Waals surface area contributed by atoms with Crippen LogP contribution in [0.15, 0.2) is 0 Å². The second-order valence-corrected chi connectivity index (χ2v) is 3.09. The Kier molecular flexibility index (Phi) is 7.31. The molecule has 32 valence electrons. The molecule has 0 fully saturated rings. The topological polar surface area (TPSA) is 74.3 Å². The molecule has 6 heteroatoms. The van der Waals surface area contributed by atoms with E-state index in [0.29, 0.717) is 0 Å². The predicted octanol–water partition coefficient (Wildman–Crippen LogP) is -4.54. The first-order valence-corrected chi connectivity index (χ1v) is 5.05. The van der Waals surface area contributed by atoms with E-state index < -0.39 is 15.8 Å². The van der Waals surface area contributed by atoms with E-state index in [1.165, 1.54) is 0 Å². The molecule has 0 heterocycles. The number of hydrogen-bond donors (Lipinski definition) is 0. The van der Waals surface area contributed by atoms with Crippen LogP contribution in [0, 0.1) is 0 Å². The van der Waals surface area contributed by atoms with Crippen LogP contribution < -0.4 is 72.7 Å². The van der Waals surface area contributed by atoms with Gasteiger partial charge in [0.2, 0.25) is 0 Å². The molecule has 0 saturated heterocycles. The van der Waals surface area contributed by atoms with Crippen LogP contribution >= 0.6 is 0 Å².